The molecule has 1 aromatic carbocycles. The van der Waals surface area contributed by atoms with Gasteiger partial charge in [0.25, 0.3) is 0 Å². The fourth-order valence-corrected chi connectivity index (χ4v) is 3.87. The minimum atomic E-state index is -0.0767. The van der Waals surface area contributed by atoms with Crippen molar-refractivity contribution in [1.82, 2.24) is 9.80 Å². The summed E-state index contributed by atoms with van der Waals surface area (Å²) in [5, 5.41) is 0. The molecule has 2 fully saturated rings. The van der Waals surface area contributed by atoms with Gasteiger partial charge in [-0.15, -0.1) is 0 Å². The number of hydrogen-bond acceptors (Lipinski definition) is 4. The second kappa shape index (κ2) is 9.49. The SMILES string of the molecule is CCCN(Cc1ccc(C)cc1)C(=O)CN1CCCC(C2OCCO2)C1. The van der Waals surface area contributed by atoms with E-state index < -0.39 is 0 Å². The first-order valence-electron chi connectivity index (χ1n) is 9.94. The second-order valence-electron chi connectivity index (χ2n) is 7.55. The van der Waals surface area contributed by atoms with Crippen molar-refractivity contribution in [2.45, 2.75) is 45.9 Å². The summed E-state index contributed by atoms with van der Waals surface area (Å²) in [6.45, 7) is 9.47. The molecule has 5 nitrogen and oxygen atoms in total. The van der Waals surface area contributed by atoms with Crippen LogP contribution in [0.2, 0.25) is 0 Å². The van der Waals surface area contributed by atoms with Gasteiger partial charge in [-0.2, -0.15) is 0 Å². The molecule has 0 radical (unpaired) electrons. The second-order valence-corrected chi connectivity index (χ2v) is 7.55. The first-order valence-corrected chi connectivity index (χ1v) is 9.94. The van der Waals surface area contributed by atoms with Crippen LogP contribution in [0.4, 0.5) is 0 Å². The Labute approximate surface area is 157 Å². The van der Waals surface area contributed by atoms with Crippen molar-refractivity contribution in [3.63, 3.8) is 0 Å². The Morgan fingerprint density at radius 2 is 1.96 bits per heavy atom. The van der Waals surface area contributed by atoms with Crippen molar-refractivity contribution >= 4 is 5.91 Å². The molecule has 2 saturated heterocycles. The zero-order chi connectivity index (χ0) is 18.4. The maximum absolute atomic E-state index is 12.9. The average Bonchev–Trinajstić information content (AvgIpc) is 3.18. The van der Waals surface area contributed by atoms with E-state index >= 15 is 0 Å². The molecule has 1 aromatic rings. The lowest BCUT2D eigenvalue weighted by Crippen LogP contribution is -2.46. The molecule has 2 heterocycles. The third kappa shape index (κ3) is 5.29. The van der Waals surface area contributed by atoms with Crippen LogP contribution < -0.4 is 0 Å². The molecule has 26 heavy (non-hydrogen) atoms. The van der Waals surface area contributed by atoms with Crippen molar-refractivity contribution < 1.29 is 14.3 Å². The highest BCUT2D eigenvalue weighted by Gasteiger charge is 2.32. The highest BCUT2D eigenvalue weighted by molar-refractivity contribution is 5.78. The van der Waals surface area contributed by atoms with E-state index in [9.17, 15) is 4.79 Å². The molecule has 0 spiro atoms. The Morgan fingerprint density at radius 1 is 1.23 bits per heavy atom. The van der Waals surface area contributed by atoms with Crippen LogP contribution in [0.15, 0.2) is 24.3 Å². The average molecular weight is 360 g/mol. The van der Waals surface area contributed by atoms with Crippen molar-refractivity contribution in [2.24, 2.45) is 5.92 Å². The number of likely N-dealkylation sites (tertiary alicyclic amines) is 1. The molecular formula is C21H32N2O3. The Balaban J connectivity index is 1.55. The van der Waals surface area contributed by atoms with Gasteiger partial charge in [0, 0.05) is 25.6 Å². The zero-order valence-electron chi connectivity index (χ0n) is 16.2. The van der Waals surface area contributed by atoms with E-state index in [4.69, 9.17) is 9.47 Å². The normalized spacial score (nSPS) is 21.8. The van der Waals surface area contributed by atoms with Gasteiger partial charge in [-0.3, -0.25) is 9.69 Å². The Morgan fingerprint density at radius 3 is 2.65 bits per heavy atom. The molecule has 3 rings (SSSR count). The molecule has 0 saturated carbocycles. The van der Waals surface area contributed by atoms with Gasteiger partial charge < -0.3 is 14.4 Å². The molecule has 1 unspecified atom stereocenters. The molecule has 0 N–H and O–H groups in total. The van der Waals surface area contributed by atoms with Gasteiger partial charge in [0.05, 0.1) is 19.8 Å². The van der Waals surface area contributed by atoms with Crippen LogP contribution in [0.5, 0.6) is 0 Å². The summed E-state index contributed by atoms with van der Waals surface area (Å²) in [5.41, 5.74) is 2.44. The van der Waals surface area contributed by atoms with Crippen LogP contribution in [0.1, 0.15) is 37.3 Å². The summed E-state index contributed by atoms with van der Waals surface area (Å²) < 4.78 is 11.4. The monoisotopic (exact) mass is 360 g/mol. The largest absolute Gasteiger partial charge is 0.350 e. The topological polar surface area (TPSA) is 42.0 Å². The van der Waals surface area contributed by atoms with E-state index in [1.54, 1.807) is 0 Å². The molecule has 5 heteroatoms. The maximum Gasteiger partial charge on any atom is 0.237 e. The molecule has 1 atom stereocenters. The molecular weight excluding hydrogens is 328 g/mol. The third-order valence-corrected chi connectivity index (χ3v) is 5.27. The van der Waals surface area contributed by atoms with Gasteiger partial charge in [0.2, 0.25) is 5.91 Å². The highest BCUT2D eigenvalue weighted by Crippen LogP contribution is 2.25. The molecule has 2 aliphatic heterocycles. The van der Waals surface area contributed by atoms with E-state index in [0.717, 1.165) is 38.9 Å². The van der Waals surface area contributed by atoms with E-state index in [1.807, 2.05) is 4.90 Å². The van der Waals surface area contributed by atoms with Crippen molar-refractivity contribution in [2.75, 3.05) is 39.4 Å². The predicted molar refractivity (Wildman–Crippen MR) is 102 cm³/mol. The minimum Gasteiger partial charge on any atom is -0.350 e. The number of benzene rings is 1. The lowest BCUT2D eigenvalue weighted by atomic mass is 9.97. The number of carbonyl (C=O) groups is 1. The summed E-state index contributed by atoms with van der Waals surface area (Å²) in [4.78, 5) is 17.2. The number of amides is 1. The van der Waals surface area contributed by atoms with Crippen molar-refractivity contribution in [3.8, 4) is 0 Å². The van der Waals surface area contributed by atoms with Crippen LogP contribution in [-0.4, -0.2) is 61.4 Å². The van der Waals surface area contributed by atoms with Gasteiger partial charge in [0.1, 0.15) is 0 Å². The Hall–Kier alpha value is -1.43. The number of ether oxygens (including phenoxy) is 2. The number of hydrogen-bond donors (Lipinski definition) is 0. The van der Waals surface area contributed by atoms with E-state index in [0.29, 0.717) is 32.2 Å². The number of nitrogens with zero attached hydrogens (tertiary/aromatic N) is 2. The van der Waals surface area contributed by atoms with E-state index in [-0.39, 0.29) is 12.2 Å². The summed E-state index contributed by atoms with van der Waals surface area (Å²) >= 11 is 0. The summed E-state index contributed by atoms with van der Waals surface area (Å²) in [7, 11) is 0. The van der Waals surface area contributed by atoms with Crippen LogP contribution in [0.3, 0.4) is 0 Å². The Kier molecular flexibility index (Phi) is 7.06. The molecule has 2 aliphatic rings. The van der Waals surface area contributed by atoms with Crippen molar-refractivity contribution in [1.29, 1.82) is 0 Å². The number of piperidine rings is 1. The first-order chi connectivity index (χ1) is 12.7. The predicted octanol–water partition coefficient (Wildman–Crippen LogP) is 2.82. The van der Waals surface area contributed by atoms with Crippen molar-refractivity contribution in [3.05, 3.63) is 35.4 Å². The Bertz CT molecular complexity index is 569. The third-order valence-electron chi connectivity index (χ3n) is 5.27. The highest BCUT2D eigenvalue weighted by atomic mass is 16.7. The molecule has 0 bridgehead atoms. The summed E-state index contributed by atoms with van der Waals surface area (Å²) in [6, 6.07) is 8.47. The summed E-state index contributed by atoms with van der Waals surface area (Å²) in [5.74, 6) is 0.608. The fraction of sp³-hybridized carbons (Fsp3) is 0.667. The van der Waals surface area contributed by atoms with Gasteiger partial charge in [0.15, 0.2) is 6.29 Å². The van der Waals surface area contributed by atoms with Crippen LogP contribution in [0.25, 0.3) is 0 Å². The number of carbonyl (C=O) groups excluding carboxylic acids is 1. The number of aryl methyl sites for hydroxylation is 1. The lowest BCUT2D eigenvalue weighted by Gasteiger charge is -2.35. The molecule has 144 valence electrons. The van der Waals surface area contributed by atoms with Crippen LogP contribution >= 0.6 is 0 Å². The lowest BCUT2D eigenvalue weighted by molar-refractivity contribution is -0.135. The van der Waals surface area contributed by atoms with Gasteiger partial charge in [-0.05, 0) is 38.3 Å². The molecule has 1 amide bonds. The van der Waals surface area contributed by atoms with E-state index in [2.05, 4.69) is 43.0 Å². The fourth-order valence-electron chi connectivity index (χ4n) is 3.87. The summed E-state index contributed by atoms with van der Waals surface area (Å²) in [6.07, 6.45) is 3.13. The standard InChI is InChI=1S/C21H32N2O3/c1-3-10-23(14-18-8-6-17(2)7-9-18)20(24)16-22-11-4-5-19(15-22)21-25-12-13-26-21/h6-9,19,21H,3-5,10-16H2,1-2H3. The van der Waals surface area contributed by atoms with Crippen LogP contribution in [0, 0.1) is 12.8 Å². The van der Waals surface area contributed by atoms with Gasteiger partial charge in [-0.25, -0.2) is 0 Å². The quantitative estimate of drug-likeness (QED) is 0.750. The number of rotatable bonds is 7. The van der Waals surface area contributed by atoms with E-state index in [1.165, 1.54) is 11.1 Å². The first kappa shape index (κ1) is 19.3. The smallest absolute Gasteiger partial charge is 0.237 e. The minimum absolute atomic E-state index is 0.0767. The molecule has 0 aromatic heterocycles. The van der Waals surface area contributed by atoms with Gasteiger partial charge in [-0.1, -0.05) is 36.8 Å². The van der Waals surface area contributed by atoms with Gasteiger partial charge >= 0.3 is 0 Å². The maximum atomic E-state index is 12.9. The van der Waals surface area contributed by atoms with Crippen LogP contribution in [-0.2, 0) is 20.8 Å². The molecule has 0 aliphatic carbocycles. The zero-order valence-corrected chi connectivity index (χ0v) is 16.2.